The summed E-state index contributed by atoms with van der Waals surface area (Å²) in [5.41, 5.74) is -0.839. The molecule has 0 aromatic heterocycles. The van der Waals surface area contributed by atoms with Crippen molar-refractivity contribution in [2.45, 2.75) is 51.6 Å². The van der Waals surface area contributed by atoms with E-state index in [9.17, 15) is 23.2 Å². The Labute approximate surface area is 172 Å². The summed E-state index contributed by atoms with van der Waals surface area (Å²) in [6, 6.07) is 1.22. The predicted octanol–water partition coefficient (Wildman–Crippen LogP) is 3.23. The summed E-state index contributed by atoms with van der Waals surface area (Å²) in [6.45, 7) is 4.38. The number of ether oxygens (including phenoxy) is 2. The Morgan fingerprint density at radius 1 is 1.31 bits per heavy atom. The molecule has 1 N–H and O–H groups in total. The van der Waals surface area contributed by atoms with Gasteiger partial charge in [-0.05, 0) is 32.9 Å². The Morgan fingerprint density at radius 2 is 1.97 bits per heavy atom. The standard InChI is InChI=1S/C19H23ClF2N2O5/c1-19(2,3)29-18(27)24-9-12(21)7-14(24)16(25)23-8-11-5-10(17(26)28-4)6-13(20)15(11)22/h5-6,12,14H,7-9H2,1-4H3,(H,23,25)/t12-,14+/m1/s1. The number of amides is 2. The normalized spacial score (nSPS) is 19.1. The maximum Gasteiger partial charge on any atom is 0.411 e. The first-order valence-corrected chi connectivity index (χ1v) is 9.28. The Balaban J connectivity index is 2.12. The summed E-state index contributed by atoms with van der Waals surface area (Å²) in [4.78, 5) is 37.5. The second kappa shape index (κ2) is 8.94. The number of benzene rings is 1. The number of hydrogen-bond acceptors (Lipinski definition) is 5. The number of likely N-dealkylation sites (tertiary alicyclic amines) is 1. The van der Waals surface area contributed by atoms with Crippen molar-refractivity contribution >= 4 is 29.6 Å². The number of rotatable bonds is 4. The topological polar surface area (TPSA) is 84.9 Å². The van der Waals surface area contributed by atoms with Gasteiger partial charge in [-0.15, -0.1) is 0 Å². The lowest BCUT2D eigenvalue weighted by Gasteiger charge is -2.27. The van der Waals surface area contributed by atoms with Crippen LogP contribution in [0.15, 0.2) is 12.1 Å². The third-order valence-corrected chi connectivity index (χ3v) is 4.43. The minimum atomic E-state index is -1.38. The van der Waals surface area contributed by atoms with E-state index in [-0.39, 0.29) is 35.7 Å². The van der Waals surface area contributed by atoms with Crippen LogP contribution in [-0.4, -0.2) is 54.3 Å². The fourth-order valence-corrected chi connectivity index (χ4v) is 3.11. The molecule has 10 heteroatoms. The van der Waals surface area contributed by atoms with Crippen molar-refractivity contribution in [3.05, 3.63) is 34.1 Å². The van der Waals surface area contributed by atoms with Crippen molar-refractivity contribution < 1.29 is 32.6 Å². The van der Waals surface area contributed by atoms with Crippen molar-refractivity contribution in [1.82, 2.24) is 10.2 Å². The maximum absolute atomic E-state index is 14.2. The van der Waals surface area contributed by atoms with Crippen LogP contribution in [0.3, 0.4) is 0 Å². The zero-order chi connectivity index (χ0) is 21.9. The van der Waals surface area contributed by atoms with Gasteiger partial charge in [0.05, 0.1) is 24.2 Å². The van der Waals surface area contributed by atoms with E-state index < -0.39 is 41.6 Å². The molecular weight excluding hydrogens is 410 g/mol. The number of esters is 1. The second-order valence-electron chi connectivity index (χ2n) is 7.62. The lowest BCUT2D eigenvalue weighted by Crippen LogP contribution is -2.47. The van der Waals surface area contributed by atoms with Crippen molar-refractivity contribution in [2.75, 3.05) is 13.7 Å². The molecule has 160 valence electrons. The zero-order valence-corrected chi connectivity index (χ0v) is 17.3. The maximum atomic E-state index is 14.2. The smallest absolute Gasteiger partial charge is 0.411 e. The molecule has 1 saturated heterocycles. The molecule has 2 rings (SSSR count). The lowest BCUT2D eigenvalue weighted by atomic mass is 10.1. The molecule has 1 aromatic rings. The lowest BCUT2D eigenvalue weighted by molar-refractivity contribution is -0.125. The van der Waals surface area contributed by atoms with Crippen LogP contribution < -0.4 is 5.32 Å². The number of alkyl halides is 1. The fourth-order valence-electron chi connectivity index (χ4n) is 2.87. The second-order valence-corrected chi connectivity index (χ2v) is 8.03. The SMILES string of the molecule is COC(=O)c1cc(Cl)c(F)c(CNC(=O)[C@@H]2C[C@@H](F)CN2C(=O)OC(C)(C)C)c1. The summed E-state index contributed by atoms with van der Waals surface area (Å²) in [6.07, 6.45) is -2.39. The van der Waals surface area contributed by atoms with Crippen molar-refractivity contribution in [1.29, 1.82) is 0 Å². The monoisotopic (exact) mass is 432 g/mol. The van der Waals surface area contributed by atoms with E-state index in [4.69, 9.17) is 16.3 Å². The summed E-state index contributed by atoms with van der Waals surface area (Å²) in [7, 11) is 1.17. The van der Waals surface area contributed by atoms with Crippen molar-refractivity contribution in [3.63, 3.8) is 0 Å². The number of methoxy groups -OCH3 is 1. The molecular formula is C19H23ClF2N2O5. The molecule has 1 aromatic carbocycles. The van der Waals surface area contributed by atoms with Crippen LogP contribution in [-0.2, 0) is 20.8 Å². The van der Waals surface area contributed by atoms with E-state index in [1.165, 1.54) is 13.2 Å². The first-order chi connectivity index (χ1) is 13.4. The predicted molar refractivity (Wildman–Crippen MR) is 101 cm³/mol. The van der Waals surface area contributed by atoms with E-state index in [1.54, 1.807) is 20.8 Å². The van der Waals surface area contributed by atoms with Gasteiger partial charge < -0.3 is 14.8 Å². The Bertz CT molecular complexity index is 813. The van der Waals surface area contributed by atoms with Gasteiger partial charge in [-0.3, -0.25) is 9.69 Å². The van der Waals surface area contributed by atoms with E-state index in [2.05, 4.69) is 10.1 Å². The molecule has 0 spiro atoms. The van der Waals surface area contributed by atoms with Gasteiger partial charge >= 0.3 is 12.1 Å². The van der Waals surface area contributed by atoms with E-state index >= 15 is 0 Å². The van der Waals surface area contributed by atoms with Gasteiger partial charge in [0.25, 0.3) is 0 Å². The van der Waals surface area contributed by atoms with Crippen LogP contribution in [0.2, 0.25) is 5.02 Å². The number of halogens is 3. The van der Waals surface area contributed by atoms with E-state index in [1.807, 2.05) is 0 Å². The van der Waals surface area contributed by atoms with Gasteiger partial charge in [0.2, 0.25) is 5.91 Å². The molecule has 2 atom stereocenters. The molecule has 0 bridgehead atoms. The molecule has 0 saturated carbocycles. The van der Waals surface area contributed by atoms with Gasteiger partial charge in [-0.1, -0.05) is 11.6 Å². The van der Waals surface area contributed by atoms with Crippen LogP contribution in [0.25, 0.3) is 0 Å². The minimum Gasteiger partial charge on any atom is -0.465 e. The number of nitrogens with one attached hydrogen (secondary N) is 1. The third-order valence-electron chi connectivity index (χ3n) is 4.16. The molecule has 0 radical (unpaired) electrons. The first-order valence-electron chi connectivity index (χ1n) is 8.90. The van der Waals surface area contributed by atoms with Gasteiger partial charge in [-0.2, -0.15) is 0 Å². The number of hydrogen-bond donors (Lipinski definition) is 1. The summed E-state index contributed by atoms with van der Waals surface area (Å²) in [5.74, 6) is -2.19. The number of carbonyl (C=O) groups is 3. The van der Waals surface area contributed by atoms with Crippen molar-refractivity contribution in [2.24, 2.45) is 0 Å². The number of nitrogens with zero attached hydrogens (tertiary/aromatic N) is 1. The molecule has 7 nitrogen and oxygen atoms in total. The molecule has 2 amide bonds. The van der Waals surface area contributed by atoms with Gasteiger partial charge in [0, 0.05) is 18.5 Å². The van der Waals surface area contributed by atoms with Crippen molar-refractivity contribution in [3.8, 4) is 0 Å². The Kier molecular flexibility index (Phi) is 7.05. The largest absolute Gasteiger partial charge is 0.465 e. The van der Waals surface area contributed by atoms with Crippen LogP contribution in [0.1, 0.15) is 43.1 Å². The molecule has 0 aliphatic carbocycles. The average Bonchev–Trinajstić information content (AvgIpc) is 3.02. The summed E-state index contributed by atoms with van der Waals surface area (Å²) in [5, 5.41) is 2.15. The summed E-state index contributed by atoms with van der Waals surface area (Å²) < 4.78 is 37.9. The fraction of sp³-hybridized carbons (Fsp3) is 0.526. The van der Waals surface area contributed by atoms with Crippen LogP contribution in [0, 0.1) is 5.82 Å². The molecule has 0 unspecified atom stereocenters. The Morgan fingerprint density at radius 3 is 2.55 bits per heavy atom. The van der Waals surface area contributed by atoms with Crippen LogP contribution >= 0.6 is 11.6 Å². The number of carbonyl (C=O) groups excluding carboxylic acids is 3. The molecule has 1 fully saturated rings. The zero-order valence-electron chi connectivity index (χ0n) is 16.6. The molecule has 1 aliphatic rings. The van der Waals surface area contributed by atoms with Gasteiger partial charge in [0.15, 0.2) is 0 Å². The highest BCUT2D eigenvalue weighted by Crippen LogP contribution is 2.25. The highest BCUT2D eigenvalue weighted by Gasteiger charge is 2.41. The highest BCUT2D eigenvalue weighted by molar-refractivity contribution is 6.31. The highest BCUT2D eigenvalue weighted by atomic mass is 35.5. The van der Waals surface area contributed by atoms with Crippen LogP contribution in [0.5, 0.6) is 0 Å². The third kappa shape index (κ3) is 5.79. The summed E-state index contributed by atoms with van der Waals surface area (Å²) >= 11 is 5.79. The van der Waals surface area contributed by atoms with Crippen LogP contribution in [0.4, 0.5) is 13.6 Å². The molecule has 1 heterocycles. The van der Waals surface area contributed by atoms with Gasteiger partial charge in [-0.25, -0.2) is 18.4 Å². The Hall–Kier alpha value is -2.42. The molecule has 1 aliphatic heterocycles. The quantitative estimate of drug-likeness (QED) is 0.738. The minimum absolute atomic E-state index is 0.0169. The average molecular weight is 433 g/mol. The van der Waals surface area contributed by atoms with Gasteiger partial charge in [0.1, 0.15) is 23.6 Å². The molecule has 29 heavy (non-hydrogen) atoms. The van der Waals surface area contributed by atoms with E-state index in [0.717, 1.165) is 11.0 Å². The first kappa shape index (κ1) is 22.9. The van der Waals surface area contributed by atoms with E-state index in [0.29, 0.717) is 0 Å².